The molecule has 0 saturated heterocycles. The molecule has 0 fully saturated rings. The fourth-order valence-electron chi connectivity index (χ4n) is 2.22. The summed E-state index contributed by atoms with van der Waals surface area (Å²) in [6.07, 6.45) is 0.0150. The molecule has 0 heterocycles. The summed E-state index contributed by atoms with van der Waals surface area (Å²) in [6, 6.07) is 10.2. The van der Waals surface area contributed by atoms with E-state index in [1.54, 1.807) is 24.3 Å². The lowest BCUT2D eigenvalue weighted by Gasteiger charge is -2.10. The van der Waals surface area contributed by atoms with Crippen LogP contribution < -0.4 is 10.1 Å². The lowest BCUT2D eigenvalue weighted by molar-refractivity contribution is -0.146. The fraction of sp³-hybridized carbons (Fsp3) is 0.222. The first-order valence-corrected chi connectivity index (χ1v) is 8.18. The Morgan fingerprint density at radius 3 is 2.40 bits per heavy atom. The molecule has 0 bridgehead atoms. The third kappa shape index (κ3) is 5.96. The lowest BCUT2D eigenvalue weighted by Crippen LogP contribution is -2.21. The van der Waals surface area contributed by atoms with Crippen LogP contribution in [0.3, 0.4) is 0 Å². The van der Waals surface area contributed by atoms with Crippen LogP contribution in [-0.2, 0) is 20.7 Å². The van der Waals surface area contributed by atoms with E-state index in [4.69, 9.17) is 32.7 Å². The van der Waals surface area contributed by atoms with E-state index in [9.17, 15) is 9.59 Å². The summed E-state index contributed by atoms with van der Waals surface area (Å²) in [5.74, 6) is -0.411. The monoisotopic (exact) mass is 381 g/mol. The van der Waals surface area contributed by atoms with Crippen LogP contribution in [0.2, 0.25) is 10.0 Å². The van der Waals surface area contributed by atoms with E-state index in [1.165, 1.54) is 7.11 Å². The van der Waals surface area contributed by atoms with Crippen LogP contribution in [-0.4, -0.2) is 25.6 Å². The van der Waals surface area contributed by atoms with E-state index in [1.807, 2.05) is 19.1 Å². The second-order valence-electron chi connectivity index (χ2n) is 5.36. The molecule has 0 atom stereocenters. The van der Waals surface area contributed by atoms with Crippen LogP contribution in [0.25, 0.3) is 0 Å². The van der Waals surface area contributed by atoms with Crippen molar-refractivity contribution < 1.29 is 19.1 Å². The van der Waals surface area contributed by atoms with Crippen molar-refractivity contribution >= 4 is 40.8 Å². The van der Waals surface area contributed by atoms with Crippen LogP contribution in [0.4, 0.5) is 5.69 Å². The summed E-state index contributed by atoms with van der Waals surface area (Å²) in [4.78, 5) is 23.8. The van der Waals surface area contributed by atoms with Gasteiger partial charge in [-0.15, -0.1) is 0 Å². The molecule has 0 aromatic heterocycles. The fourth-order valence-corrected chi connectivity index (χ4v) is 2.75. The highest BCUT2D eigenvalue weighted by Crippen LogP contribution is 2.22. The predicted molar refractivity (Wildman–Crippen MR) is 97.5 cm³/mol. The number of esters is 1. The Kier molecular flexibility index (Phi) is 6.67. The summed E-state index contributed by atoms with van der Waals surface area (Å²) in [7, 11) is 1.53. The van der Waals surface area contributed by atoms with Gasteiger partial charge in [-0.05, 0) is 31.2 Å². The van der Waals surface area contributed by atoms with E-state index in [2.05, 4.69) is 5.32 Å². The van der Waals surface area contributed by atoms with Gasteiger partial charge in [0, 0.05) is 21.3 Å². The SMILES string of the molecule is COc1ccc(C)cc1CC(=O)OCC(=O)Nc1cc(Cl)cc(Cl)c1. The number of amides is 1. The van der Waals surface area contributed by atoms with Gasteiger partial charge < -0.3 is 14.8 Å². The summed E-state index contributed by atoms with van der Waals surface area (Å²) >= 11 is 11.7. The van der Waals surface area contributed by atoms with Crippen LogP contribution in [0, 0.1) is 6.92 Å². The Morgan fingerprint density at radius 1 is 1.08 bits per heavy atom. The van der Waals surface area contributed by atoms with Crippen molar-refractivity contribution in [1.29, 1.82) is 0 Å². The highest BCUT2D eigenvalue weighted by atomic mass is 35.5. The number of methoxy groups -OCH3 is 1. The number of ether oxygens (including phenoxy) is 2. The van der Waals surface area contributed by atoms with Crippen molar-refractivity contribution in [2.24, 2.45) is 0 Å². The Hall–Kier alpha value is -2.24. The zero-order chi connectivity index (χ0) is 18.4. The number of aryl methyl sites for hydroxylation is 1. The second kappa shape index (κ2) is 8.74. The molecule has 0 unspecified atom stereocenters. The van der Waals surface area contributed by atoms with Gasteiger partial charge >= 0.3 is 5.97 Å². The highest BCUT2D eigenvalue weighted by Gasteiger charge is 2.12. The van der Waals surface area contributed by atoms with Crippen LogP contribution in [0.5, 0.6) is 5.75 Å². The van der Waals surface area contributed by atoms with Gasteiger partial charge in [-0.2, -0.15) is 0 Å². The van der Waals surface area contributed by atoms with E-state index >= 15 is 0 Å². The number of nitrogens with one attached hydrogen (secondary N) is 1. The summed E-state index contributed by atoms with van der Waals surface area (Å²) in [6.45, 7) is 1.51. The molecule has 0 aliphatic rings. The van der Waals surface area contributed by atoms with Gasteiger partial charge in [-0.3, -0.25) is 9.59 Å². The largest absolute Gasteiger partial charge is 0.496 e. The third-order valence-electron chi connectivity index (χ3n) is 3.28. The van der Waals surface area contributed by atoms with Gasteiger partial charge in [0.1, 0.15) is 5.75 Å². The number of rotatable bonds is 6. The molecule has 0 aliphatic heterocycles. The summed E-state index contributed by atoms with van der Waals surface area (Å²) in [5.41, 5.74) is 2.13. The summed E-state index contributed by atoms with van der Waals surface area (Å²) < 4.78 is 10.2. The van der Waals surface area contributed by atoms with Crippen molar-refractivity contribution in [2.45, 2.75) is 13.3 Å². The molecule has 5 nitrogen and oxygen atoms in total. The number of halogens is 2. The Labute approximate surface area is 155 Å². The Morgan fingerprint density at radius 2 is 1.76 bits per heavy atom. The van der Waals surface area contributed by atoms with Gasteiger partial charge in [0.05, 0.1) is 13.5 Å². The van der Waals surface area contributed by atoms with E-state index in [0.29, 0.717) is 27.0 Å². The number of hydrogen-bond acceptors (Lipinski definition) is 4. The Balaban J connectivity index is 1.89. The molecule has 25 heavy (non-hydrogen) atoms. The van der Waals surface area contributed by atoms with Crippen LogP contribution in [0.1, 0.15) is 11.1 Å². The van der Waals surface area contributed by atoms with E-state index < -0.39 is 18.5 Å². The highest BCUT2D eigenvalue weighted by molar-refractivity contribution is 6.35. The molecule has 0 spiro atoms. The number of hydrogen-bond donors (Lipinski definition) is 1. The van der Waals surface area contributed by atoms with Crippen LogP contribution >= 0.6 is 23.2 Å². The molecular formula is C18H17Cl2NO4. The third-order valence-corrected chi connectivity index (χ3v) is 3.72. The first kappa shape index (κ1) is 19.1. The average molecular weight is 382 g/mol. The first-order valence-electron chi connectivity index (χ1n) is 7.42. The number of benzene rings is 2. The van der Waals surface area contributed by atoms with Crippen molar-refractivity contribution in [3.05, 3.63) is 57.6 Å². The molecule has 132 valence electrons. The van der Waals surface area contributed by atoms with Crippen molar-refractivity contribution in [2.75, 3.05) is 19.0 Å². The van der Waals surface area contributed by atoms with Gasteiger partial charge in [0.15, 0.2) is 6.61 Å². The quantitative estimate of drug-likeness (QED) is 0.766. The molecule has 0 aliphatic carbocycles. The Bertz CT molecular complexity index is 772. The van der Waals surface area contributed by atoms with Gasteiger partial charge in [0.25, 0.3) is 5.91 Å². The lowest BCUT2D eigenvalue weighted by atomic mass is 10.1. The minimum atomic E-state index is -0.525. The summed E-state index contributed by atoms with van der Waals surface area (Å²) in [5, 5.41) is 3.35. The normalized spacial score (nSPS) is 10.2. The number of anilines is 1. The minimum absolute atomic E-state index is 0.0150. The topological polar surface area (TPSA) is 64.6 Å². The predicted octanol–water partition coefficient (Wildman–Crippen LogP) is 4.03. The van der Waals surface area contributed by atoms with Crippen molar-refractivity contribution in [1.82, 2.24) is 0 Å². The number of carbonyl (C=O) groups excluding carboxylic acids is 2. The van der Waals surface area contributed by atoms with Gasteiger partial charge in [0.2, 0.25) is 0 Å². The average Bonchev–Trinajstić information content (AvgIpc) is 2.52. The zero-order valence-electron chi connectivity index (χ0n) is 13.8. The first-order chi connectivity index (χ1) is 11.9. The molecule has 2 aromatic carbocycles. The molecule has 2 aromatic rings. The van der Waals surface area contributed by atoms with Gasteiger partial charge in [-0.25, -0.2) is 0 Å². The minimum Gasteiger partial charge on any atom is -0.496 e. The molecule has 0 radical (unpaired) electrons. The molecule has 7 heteroatoms. The smallest absolute Gasteiger partial charge is 0.310 e. The van der Waals surface area contributed by atoms with Crippen molar-refractivity contribution in [3.8, 4) is 5.75 Å². The second-order valence-corrected chi connectivity index (χ2v) is 6.23. The number of carbonyl (C=O) groups is 2. The molecule has 0 saturated carbocycles. The standard InChI is InChI=1S/C18H17Cl2NO4/c1-11-3-4-16(24-2)12(5-11)6-18(23)25-10-17(22)21-15-8-13(19)7-14(20)9-15/h3-5,7-9H,6,10H2,1-2H3,(H,21,22). The molecule has 1 N–H and O–H groups in total. The zero-order valence-corrected chi connectivity index (χ0v) is 15.3. The van der Waals surface area contributed by atoms with Crippen molar-refractivity contribution in [3.63, 3.8) is 0 Å². The maximum Gasteiger partial charge on any atom is 0.310 e. The maximum atomic E-state index is 12.0. The van der Waals surface area contributed by atoms with E-state index in [-0.39, 0.29) is 6.42 Å². The maximum absolute atomic E-state index is 12.0. The molecule has 2 rings (SSSR count). The molecule has 1 amide bonds. The van der Waals surface area contributed by atoms with Gasteiger partial charge in [-0.1, -0.05) is 40.9 Å². The molecular weight excluding hydrogens is 365 g/mol. The van der Waals surface area contributed by atoms with E-state index in [0.717, 1.165) is 5.56 Å². The van der Waals surface area contributed by atoms with Crippen LogP contribution in [0.15, 0.2) is 36.4 Å².